The largest absolute Gasteiger partial charge is 0.507 e. The van der Waals surface area contributed by atoms with Crippen molar-refractivity contribution in [3.05, 3.63) is 83.2 Å². The van der Waals surface area contributed by atoms with Crippen molar-refractivity contribution in [2.45, 2.75) is 6.04 Å². The number of fused-ring (bicyclic) bond motifs is 1. The van der Waals surface area contributed by atoms with Crippen molar-refractivity contribution in [1.82, 2.24) is 4.98 Å². The van der Waals surface area contributed by atoms with E-state index in [0.29, 0.717) is 28.3 Å². The van der Waals surface area contributed by atoms with Crippen LogP contribution in [-0.4, -0.2) is 43.1 Å². The summed E-state index contributed by atoms with van der Waals surface area (Å²) in [6, 6.07) is 14.2. The van der Waals surface area contributed by atoms with Crippen LogP contribution in [0.15, 0.2) is 66.2 Å². The van der Waals surface area contributed by atoms with E-state index in [0.717, 1.165) is 16.8 Å². The van der Waals surface area contributed by atoms with Crippen molar-refractivity contribution in [1.29, 1.82) is 0 Å². The van der Waals surface area contributed by atoms with Gasteiger partial charge in [0.15, 0.2) is 16.6 Å². The molecule has 1 aliphatic rings. The second-order valence-electron chi connectivity index (χ2n) is 8.12. The molecule has 1 aliphatic heterocycles. The van der Waals surface area contributed by atoms with Gasteiger partial charge in [-0.2, -0.15) is 0 Å². The lowest BCUT2D eigenvalue weighted by atomic mass is 9.95. The number of carbonyl (C=O) groups is 2. The highest BCUT2D eigenvalue weighted by molar-refractivity contribution is 7.22. The normalized spacial score (nSPS) is 16.9. The number of aromatic nitrogens is 1. The molecule has 1 aromatic heterocycles. The third-order valence-electron chi connectivity index (χ3n) is 6.08. The number of nitrogens with zero attached hydrogens (tertiary/aromatic N) is 2. The topological polar surface area (TPSA) is 98.2 Å². The average Bonchev–Trinajstić information content (AvgIpc) is 3.45. The van der Waals surface area contributed by atoms with Crippen LogP contribution < -0.4 is 19.1 Å². The number of anilines is 1. The summed E-state index contributed by atoms with van der Waals surface area (Å²) in [5, 5.41) is 11.5. The number of methoxy groups -OCH3 is 3. The Morgan fingerprint density at radius 1 is 0.946 bits per heavy atom. The molecule has 37 heavy (non-hydrogen) atoms. The molecule has 10 heteroatoms. The lowest BCUT2D eigenvalue weighted by molar-refractivity contribution is -0.132. The molecule has 5 rings (SSSR count). The number of rotatable bonds is 6. The maximum absolute atomic E-state index is 13.5. The Morgan fingerprint density at radius 2 is 1.68 bits per heavy atom. The fraction of sp³-hybridized carbons (Fsp3) is 0.148. The molecule has 1 amide bonds. The Kier molecular flexibility index (Phi) is 6.26. The van der Waals surface area contributed by atoms with Gasteiger partial charge in [-0.3, -0.25) is 14.5 Å². The van der Waals surface area contributed by atoms with E-state index in [1.54, 1.807) is 43.5 Å². The van der Waals surface area contributed by atoms with E-state index < -0.39 is 29.3 Å². The molecular weight excluding hydrogens is 499 g/mol. The zero-order chi connectivity index (χ0) is 26.3. The van der Waals surface area contributed by atoms with Crippen molar-refractivity contribution in [3.63, 3.8) is 0 Å². The summed E-state index contributed by atoms with van der Waals surface area (Å²) in [5.74, 6) is -1.22. The van der Waals surface area contributed by atoms with Crippen LogP contribution in [0.2, 0.25) is 0 Å². The zero-order valence-electron chi connectivity index (χ0n) is 20.0. The molecule has 8 nitrogen and oxygen atoms in total. The number of thiazole rings is 1. The molecule has 0 radical (unpaired) electrons. The monoisotopic (exact) mass is 520 g/mol. The molecule has 0 spiro atoms. The maximum atomic E-state index is 13.5. The van der Waals surface area contributed by atoms with Gasteiger partial charge < -0.3 is 19.3 Å². The van der Waals surface area contributed by atoms with E-state index >= 15 is 0 Å². The number of hydrogen-bond donors (Lipinski definition) is 1. The van der Waals surface area contributed by atoms with Gasteiger partial charge in [0.25, 0.3) is 5.78 Å². The van der Waals surface area contributed by atoms with E-state index in [9.17, 15) is 19.1 Å². The van der Waals surface area contributed by atoms with Crippen molar-refractivity contribution >= 4 is 44.1 Å². The number of aliphatic hydroxyl groups is 1. The fourth-order valence-electron chi connectivity index (χ4n) is 4.25. The lowest BCUT2D eigenvalue weighted by Crippen LogP contribution is -2.29. The van der Waals surface area contributed by atoms with E-state index in [1.807, 2.05) is 0 Å². The second kappa shape index (κ2) is 9.55. The number of carbonyl (C=O) groups excluding carboxylic acids is 2. The van der Waals surface area contributed by atoms with Gasteiger partial charge in [-0.1, -0.05) is 17.4 Å². The number of halogens is 1. The molecule has 1 atom stereocenters. The molecule has 0 bridgehead atoms. The minimum Gasteiger partial charge on any atom is -0.507 e. The Bertz CT molecular complexity index is 1560. The minimum absolute atomic E-state index is 0.152. The summed E-state index contributed by atoms with van der Waals surface area (Å²) >= 11 is 1.21. The first kappa shape index (κ1) is 24.3. The predicted molar refractivity (Wildman–Crippen MR) is 137 cm³/mol. The molecule has 1 saturated heterocycles. The third kappa shape index (κ3) is 4.15. The van der Waals surface area contributed by atoms with Crippen LogP contribution in [0.4, 0.5) is 9.52 Å². The highest BCUT2D eigenvalue weighted by atomic mass is 32.1. The average molecular weight is 521 g/mol. The number of aliphatic hydroxyl groups excluding tert-OH is 1. The number of Topliss-reactive ketones (excluding diaryl/α,β-unsaturated/α-hetero) is 1. The summed E-state index contributed by atoms with van der Waals surface area (Å²) < 4.78 is 30.3. The summed E-state index contributed by atoms with van der Waals surface area (Å²) in [5.41, 5.74) is 1.14. The van der Waals surface area contributed by atoms with Crippen molar-refractivity contribution < 1.29 is 33.3 Å². The van der Waals surface area contributed by atoms with E-state index in [4.69, 9.17) is 14.2 Å². The van der Waals surface area contributed by atoms with Gasteiger partial charge in [0.05, 0.1) is 43.2 Å². The molecule has 2 heterocycles. The van der Waals surface area contributed by atoms with E-state index in [2.05, 4.69) is 4.98 Å². The number of ketones is 1. The third-order valence-corrected chi connectivity index (χ3v) is 7.09. The summed E-state index contributed by atoms with van der Waals surface area (Å²) in [6.45, 7) is 0. The number of benzene rings is 3. The van der Waals surface area contributed by atoms with Gasteiger partial charge in [0, 0.05) is 5.56 Å². The first-order valence-corrected chi connectivity index (χ1v) is 11.9. The van der Waals surface area contributed by atoms with E-state index in [1.165, 1.54) is 42.6 Å². The predicted octanol–water partition coefficient (Wildman–Crippen LogP) is 5.09. The quantitative estimate of drug-likeness (QED) is 0.215. The number of amides is 1. The Labute approximate surface area is 215 Å². The number of ether oxygens (including phenoxy) is 3. The lowest BCUT2D eigenvalue weighted by Gasteiger charge is -2.23. The Morgan fingerprint density at radius 3 is 2.35 bits per heavy atom. The van der Waals surface area contributed by atoms with Crippen LogP contribution in [0.5, 0.6) is 17.2 Å². The highest BCUT2D eigenvalue weighted by Crippen LogP contribution is 2.46. The smallest absolute Gasteiger partial charge is 0.301 e. The van der Waals surface area contributed by atoms with Crippen LogP contribution in [0, 0.1) is 5.82 Å². The molecule has 0 aliphatic carbocycles. The van der Waals surface area contributed by atoms with E-state index in [-0.39, 0.29) is 16.3 Å². The Hall–Kier alpha value is -4.44. The fourth-order valence-corrected chi connectivity index (χ4v) is 5.27. The van der Waals surface area contributed by atoms with Gasteiger partial charge in [0.2, 0.25) is 0 Å². The molecule has 3 aromatic carbocycles. The maximum Gasteiger partial charge on any atom is 0.301 e. The van der Waals surface area contributed by atoms with Crippen LogP contribution in [-0.2, 0) is 9.59 Å². The van der Waals surface area contributed by atoms with Crippen LogP contribution >= 0.6 is 11.3 Å². The van der Waals surface area contributed by atoms with Crippen LogP contribution in [0.25, 0.3) is 16.0 Å². The number of hydrogen-bond acceptors (Lipinski definition) is 8. The minimum atomic E-state index is -1.03. The van der Waals surface area contributed by atoms with Gasteiger partial charge in [0.1, 0.15) is 17.3 Å². The van der Waals surface area contributed by atoms with Gasteiger partial charge in [-0.05, 0) is 60.2 Å². The molecule has 0 unspecified atom stereocenters. The van der Waals surface area contributed by atoms with Crippen LogP contribution in [0.1, 0.15) is 17.2 Å². The first-order valence-electron chi connectivity index (χ1n) is 11.1. The molecular formula is C27H21FN2O6S. The summed E-state index contributed by atoms with van der Waals surface area (Å²) in [7, 11) is 4.51. The van der Waals surface area contributed by atoms with Gasteiger partial charge >= 0.3 is 5.91 Å². The van der Waals surface area contributed by atoms with Crippen LogP contribution in [0.3, 0.4) is 0 Å². The molecule has 0 saturated carbocycles. The van der Waals surface area contributed by atoms with Crippen molar-refractivity contribution in [2.24, 2.45) is 0 Å². The standard InChI is InChI=1S/C27H21FN2O6S/c1-34-17-9-10-18-21(13-17)37-27(29-18)30-23(15-6-11-19(35-2)20(12-15)36-3)22(25(32)26(30)33)24(31)14-4-7-16(28)8-5-14/h4-13,23,31H,1-3H3/t23-/m1/s1. The molecule has 1 fully saturated rings. The SMILES string of the molecule is COc1ccc2nc(N3C(=O)C(=O)C(=C(O)c4ccc(F)cc4)[C@H]3c3ccc(OC)c(OC)c3)sc2c1. The first-order chi connectivity index (χ1) is 17.9. The van der Waals surface area contributed by atoms with Gasteiger partial charge in [-0.25, -0.2) is 9.37 Å². The molecule has 188 valence electrons. The van der Waals surface area contributed by atoms with Crippen molar-refractivity contribution in [2.75, 3.05) is 26.2 Å². The summed E-state index contributed by atoms with van der Waals surface area (Å²) in [6.07, 6.45) is 0. The summed E-state index contributed by atoms with van der Waals surface area (Å²) in [4.78, 5) is 32.6. The molecule has 1 N–H and O–H groups in total. The highest BCUT2D eigenvalue weighted by Gasteiger charge is 2.48. The van der Waals surface area contributed by atoms with Crippen molar-refractivity contribution in [3.8, 4) is 17.2 Å². The van der Waals surface area contributed by atoms with Gasteiger partial charge in [-0.15, -0.1) is 0 Å². The molecule has 4 aromatic rings. The second-order valence-corrected chi connectivity index (χ2v) is 9.13. The zero-order valence-corrected chi connectivity index (χ0v) is 20.8. The Balaban J connectivity index is 1.73.